The van der Waals surface area contributed by atoms with E-state index in [1.165, 1.54) is 0 Å². The Morgan fingerprint density at radius 3 is 2.24 bits per heavy atom. The molecule has 14 heteroatoms. The van der Waals surface area contributed by atoms with Crippen LogP contribution in [0.15, 0.2) is 42.5 Å². The lowest BCUT2D eigenvalue weighted by Crippen LogP contribution is -2.57. The number of hydrogen-bond donors (Lipinski definition) is 4. The number of hydrogen-bond acceptors (Lipinski definition) is 5. The molecule has 1 fully saturated rings. The standard InChI is InChI=1S/C24H24F6N6O2/c25-16-11-18(27)17(26)9-14(16)8-15(34-21(22(32)38)13-4-2-1-3-5-13)10-20(37)35-6-7-36(19(31)12-35)23(33)24(28,29)30/h1-5,9,11,15,21,31,33-34H,6-8,10,12H2,(H2,32,38). The van der Waals surface area contributed by atoms with E-state index in [0.717, 1.165) is 4.90 Å². The lowest BCUT2D eigenvalue weighted by molar-refractivity contribution is -0.132. The third-order valence-corrected chi connectivity index (χ3v) is 5.95. The Kier molecular flexibility index (Phi) is 8.76. The molecule has 0 radical (unpaired) electrons. The number of carbonyl (C=O) groups is 2. The first-order valence-electron chi connectivity index (χ1n) is 11.3. The molecule has 0 saturated carbocycles. The van der Waals surface area contributed by atoms with Crippen LogP contribution in [-0.2, 0) is 16.0 Å². The number of halogens is 6. The van der Waals surface area contributed by atoms with E-state index in [1.807, 2.05) is 0 Å². The van der Waals surface area contributed by atoms with Crippen LogP contribution < -0.4 is 11.1 Å². The summed E-state index contributed by atoms with van der Waals surface area (Å²) in [4.78, 5) is 26.8. The lowest BCUT2D eigenvalue weighted by atomic mass is 9.98. The Hall–Kier alpha value is -3.94. The molecule has 8 nitrogen and oxygen atoms in total. The highest BCUT2D eigenvalue weighted by Gasteiger charge is 2.42. The van der Waals surface area contributed by atoms with Crippen molar-refractivity contribution in [3.8, 4) is 0 Å². The van der Waals surface area contributed by atoms with Crippen molar-refractivity contribution in [3.05, 3.63) is 71.0 Å². The first-order valence-corrected chi connectivity index (χ1v) is 11.3. The molecule has 0 aromatic heterocycles. The average Bonchev–Trinajstić information content (AvgIpc) is 2.84. The van der Waals surface area contributed by atoms with Crippen LogP contribution in [0.2, 0.25) is 0 Å². The summed E-state index contributed by atoms with van der Waals surface area (Å²) in [5, 5.41) is 18.0. The fraction of sp³-hybridized carbons (Fsp3) is 0.333. The minimum absolute atomic E-state index is 0.246. The molecule has 2 atom stereocenters. The molecule has 2 aromatic rings. The number of rotatable bonds is 8. The molecule has 2 aromatic carbocycles. The Morgan fingerprint density at radius 2 is 1.66 bits per heavy atom. The molecule has 1 saturated heterocycles. The van der Waals surface area contributed by atoms with Gasteiger partial charge in [-0.2, -0.15) is 13.2 Å². The van der Waals surface area contributed by atoms with E-state index in [-0.39, 0.29) is 18.5 Å². The maximum absolute atomic E-state index is 14.4. The van der Waals surface area contributed by atoms with Crippen LogP contribution in [0.5, 0.6) is 0 Å². The predicted octanol–water partition coefficient (Wildman–Crippen LogP) is 2.88. The number of primary amides is 1. The highest BCUT2D eigenvalue weighted by molar-refractivity contribution is 6.03. The van der Waals surface area contributed by atoms with Gasteiger partial charge in [-0.15, -0.1) is 0 Å². The average molecular weight is 542 g/mol. The summed E-state index contributed by atoms with van der Waals surface area (Å²) in [5.41, 5.74) is 5.66. The van der Waals surface area contributed by atoms with Crippen molar-refractivity contribution >= 4 is 23.5 Å². The molecule has 1 aliphatic rings. The van der Waals surface area contributed by atoms with E-state index in [2.05, 4.69) is 5.32 Å². The van der Waals surface area contributed by atoms with Crippen LogP contribution in [0.25, 0.3) is 0 Å². The van der Waals surface area contributed by atoms with Crippen LogP contribution in [0.4, 0.5) is 26.3 Å². The van der Waals surface area contributed by atoms with E-state index in [9.17, 15) is 35.9 Å². The van der Waals surface area contributed by atoms with Gasteiger partial charge in [-0.1, -0.05) is 30.3 Å². The summed E-state index contributed by atoms with van der Waals surface area (Å²) in [7, 11) is 0. The lowest BCUT2D eigenvalue weighted by Gasteiger charge is -2.37. The van der Waals surface area contributed by atoms with Crippen LogP contribution in [0.1, 0.15) is 23.6 Å². The number of nitrogens with zero attached hydrogens (tertiary/aromatic N) is 2. The fourth-order valence-corrected chi connectivity index (χ4v) is 4.05. The number of alkyl halides is 3. The molecule has 3 rings (SSSR count). The van der Waals surface area contributed by atoms with E-state index in [4.69, 9.17) is 16.6 Å². The molecule has 2 unspecified atom stereocenters. The van der Waals surface area contributed by atoms with Gasteiger partial charge < -0.3 is 15.5 Å². The zero-order valence-electron chi connectivity index (χ0n) is 19.8. The molecule has 38 heavy (non-hydrogen) atoms. The normalized spacial score (nSPS) is 15.8. The SMILES string of the molecule is N=C1CN(C(=O)CC(Cc2cc(F)c(F)cc2F)NC(C(N)=O)c2ccccc2)CCN1C(=N)C(F)(F)F. The van der Waals surface area contributed by atoms with Crippen molar-refractivity contribution in [2.24, 2.45) is 5.73 Å². The highest BCUT2D eigenvalue weighted by atomic mass is 19.4. The van der Waals surface area contributed by atoms with Gasteiger partial charge in [-0.05, 0) is 23.6 Å². The predicted molar refractivity (Wildman–Crippen MR) is 125 cm³/mol. The van der Waals surface area contributed by atoms with Gasteiger partial charge in [0.2, 0.25) is 17.6 Å². The molecule has 1 aliphatic heterocycles. The second-order valence-corrected chi connectivity index (χ2v) is 8.64. The van der Waals surface area contributed by atoms with Crippen LogP contribution in [0, 0.1) is 28.3 Å². The molecule has 2 amide bonds. The van der Waals surface area contributed by atoms with Crippen molar-refractivity contribution < 1.29 is 35.9 Å². The van der Waals surface area contributed by atoms with E-state index < -0.39 is 78.7 Å². The second-order valence-electron chi connectivity index (χ2n) is 8.64. The zero-order chi connectivity index (χ0) is 28.2. The second kappa shape index (κ2) is 11.6. The van der Waals surface area contributed by atoms with Crippen LogP contribution in [-0.4, -0.2) is 65.1 Å². The van der Waals surface area contributed by atoms with Crippen molar-refractivity contribution in [3.63, 3.8) is 0 Å². The minimum atomic E-state index is -4.97. The molecule has 204 valence electrons. The van der Waals surface area contributed by atoms with E-state index in [1.54, 1.807) is 30.3 Å². The first kappa shape index (κ1) is 28.6. The van der Waals surface area contributed by atoms with Crippen molar-refractivity contribution in [1.82, 2.24) is 15.1 Å². The third kappa shape index (κ3) is 6.88. The summed E-state index contributed by atoms with van der Waals surface area (Å²) < 4.78 is 80.3. The van der Waals surface area contributed by atoms with E-state index >= 15 is 0 Å². The number of carbonyl (C=O) groups excluding carboxylic acids is 2. The number of benzene rings is 2. The van der Waals surface area contributed by atoms with Gasteiger partial charge >= 0.3 is 6.18 Å². The quantitative estimate of drug-likeness (QED) is 0.177. The molecule has 0 aliphatic carbocycles. The molecule has 1 heterocycles. The van der Waals surface area contributed by atoms with Crippen molar-refractivity contribution in [1.29, 1.82) is 10.8 Å². The zero-order valence-corrected chi connectivity index (χ0v) is 19.8. The summed E-state index contributed by atoms with van der Waals surface area (Å²) >= 11 is 0. The van der Waals surface area contributed by atoms with Crippen molar-refractivity contribution in [2.45, 2.75) is 31.1 Å². The largest absolute Gasteiger partial charge is 0.449 e. The van der Waals surface area contributed by atoms with Gasteiger partial charge in [0.05, 0.1) is 6.54 Å². The summed E-state index contributed by atoms with van der Waals surface area (Å²) in [6.07, 6.45) is -5.79. The van der Waals surface area contributed by atoms with Crippen LogP contribution >= 0.6 is 0 Å². The summed E-state index contributed by atoms with van der Waals surface area (Å²) in [6.45, 7) is -1.22. The Morgan fingerprint density at radius 1 is 1.03 bits per heavy atom. The number of amides is 2. The Balaban J connectivity index is 1.82. The van der Waals surface area contributed by atoms with Gasteiger partial charge in [-0.25, -0.2) is 13.2 Å². The molecular weight excluding hydrogens is 518 g/mol. The monoisotopic (exact) mass is 542 g/mol. The van der Waals surface area contributed by atoms with E-state index in [0.29, 0.717) is 22.6 Å². The Bertz CT molecular complexity index is 1220. The van der Waals surface area contributed by atoms with Crippen LogP contribution in [0.3, 0.4) is 0 Å². The Labute approximate surface area is 213 Å². The number of nitrogens with one attached hydrogen (secondary N) is 3. The number of piperazine rings is 1. The highest BCUT2D eigenvalue weighted by Crippen LogP contribution is 2.22. The van der Waals surface area contributed by atoms with Gasteiger partial charge in [0.25, 0.3) is 0 Å². The summed E-state index contributed by atoms with van der Waals surface area (Å²) in [5.74, 6) is -7.66. The molecule has 0 bridgehead atoms. The number of nitrogens with two attached hydrogens (primary N) is 1. The molecule has 5 N–H and O–H groups in total. The third-order valence-electron chi connectivity index (χ3n) is 5.95. The maximum atomic E-state index is 14.4. The van der Waals surface area contributed by atoms with Gasteiger partial charge in [0.15, 0.2) is 11.6 Å². The first-order chi connectivity index (χ1) is 17.8. The fourth-order valence-electron chi connectivity index (χ4n) is 4.05. The van der Waals surface area contributed by atoms with Crippen molar-refractivity contribution in [2.75, 3.05) is 19.6 Å². The minimum Gasteiger partial charge on any atom is -0.368 e. The number of amidine groups is 2. The topological polar surface area (TPSA) is 126 Å². The van der Waals surface area contributed by atoms with Gasteiger partial charge in [-0.3, -0.25) is 25.7 Å². The smallest absolute Gasteiger partial charge is 0.368 e. The molecular formula is C24H24F6N6O2. The van der Waals surface area contributed by atoms with Gasteiger partial charge in [0.1, 0.15) is 17.7 Å². The molecule has 0 spiro atoms. The summed E-state index contributed by atoms with van der Waals surface area (Å²) in [6, 6.07) is 6.88. The maximum Gasteiger partial charge on any atom is 0.449 e. The van der Waals surface area contributed by atoms with Gasteiger partial charge in [0, 0.05) is 31.6 Å².